The van der Waals surface area contributed by atoms with Gasteiger partial charge in [0.2, 0.25) is 0 Å². The lowest BCUT2D eigenvalue weighted by Crippen LogP contribution is -2.00. The number of carbonyl (C=O) groups excluding carboxylic acids is 1. The van der Waals surface area contributed by atoms with Crippen molar-refractivity contribution in [3.8, 4) is 0 Å². The quantitative estimate of drug-likeness (QED) is 0.491. The van der Waals surface area contributed by atoms with Crippen molar-refractivity contribution in [3.05, 3.63) is 45.6 Å². The van der Waals surface area contributed by atoms with Crippen LogP contribution in [0, 0.1) is 17.0 Å². The lowest BCUT2D eigenvalue weighted by atomic mass is 10.1. The maximum atomic E-state index is 11.5. The molecule has 1 aromatic carbocycles. The largest absolute Gasteiger partial charge is 0.294 e. The van der Waals surface area contributed by atoms with Crippen LogP contribution in [0.25, 0.3) is 0 Å². The van der Waals surface area contributed by atoms with Gasteiger partial charge in [-0.2, -0.15) is 5.10 Å². The number of nitrogens with zero attached hydrogens (tertiary/aromatic N) is 3. The number of hydrogen-bond acceptors (Lipinski definition) is 5. The van der Waals surface area contributed by atoms with E-state index in [1.807, 2.05) is 20.0 Å². The van der Waals surface area contributed by atoms with E-state index in [-0.39, 0.29) is 17.0 Å². The molecule has 0 aliphatic rings. The van der Waals surface area contributed by atoms with Gasteiger partial charge in [0.15, 0.2) is 5.78 Å². The molecular formula is C13H13N3O3S. The number of hydrogen-bond donors (Lipinski definition) is 0. The van der Waals surface area contributed by atoms with Crippen LogP contribution in [0.2, 0.25) is 0 Å². The van der Waals surface area contributed by atoms with E-state index >= 15 is 0 Å². The highest BCUT2D eigenvalue weighted by Crippen LogP contribution is 2.31. The van der Waals surface area contributed by atoms with Gasteiger partial charge in [0.05, 0.1) is 21.2 Å². The SMILES string of the molecule is CC(=O)c1cc(Sc2cc(C)nn2C)ccc1[N+](=O)[O-]. The Morgan fingerprint density at radius 1 is 1.40 bits per heavy atom. The first-order valence-electron chi connectivity index (χ1n) is 5.86. The number of Topliss-reactive ketones (excluding diaryl/α,β-unsaturated/α-hetero) is 1. The molecule has 7 heteroatoms. The van der Waals surface area contributed by atoms with Crippen LogP contribution in [-0.4, -0.2) is 20.5 Å². The molecule has 0 aliphatic carbocycles. The highest BCUT2D eigenvalue weighted by atomic mass is 32.2. The monoisotopic (exact) mass is 291 g/mol. The van der Waals surface area contributed by atoms with Gasteiger partial charge in [0.25, 0.3) is 5.69 Å². The van der Waals surface area contributed by atoms with Gasteiger partial charge in [-0.1, -0.05) is 11.8 Å². The van der Waals surface area contributed by atoms with Crippen molar-refractivity contribution < 1.29 is 9.72 Å². The maximum absolute atomic E-state index is 11.5. The molecule has 0 radical (unpaired) electrons. The minimum absolute atomic E-state index is 0.124. The van der Waals surface area contributed by atoms with E-state index < -0.39 is 4.92 Å². The van der Waals surface area contributed by atoms with E-state index in [2.05, 4.69) is 5.10 Å². The molecule has 0 unspecified atom stereocenters. The summed E-state index contributed by atoms with van der Waals surface area (Å²) >= 11 is 1.41. The Morgan fingerprint density at radius 2 is 2.10 bits per heavy atom. The molecule has 0 aliphatic heterocycles. The average Bonchev–Trinajstić information content (AvgIpc) is 2.67. The second-order valence-corrected chi connectivity index (χ2v) is 5.44. The summed E-state index contributed by atoms with van der Waals surface area (Å²) in [7, 11) is 1.83. The Balaban J connectivity index is 2.39. The molecule has 1 aromatic heterocycles. The second kappa shape index (κ2) is 5.46. The third kappa shape index (κ3) is 2.88. The lowest BCUT2D eigenvalue weighted by Gasteiger charge is -2.04. The van der Waals surface area contributed by atoms with Gasteiger partial charge in [0, 0.05) is 18.0 Å². The number of rotatable bonds is 4. The normalized spacial score (nSPS) is 10.6. The first kappa shape index (κ1) is 14.3. The molecule has 6 nitrogen and oxygen atoms in total. The first-order valence-corrected chi connectivity index (χ1v) is 6.68. The van der Waals surface area contributed by atoms with Gasteiger partial charge < -0.3 is 0 Å². The Kier molecular flexibility index (Phi) is 3.89. The Hall–Kier alpha value is -2.15. The maximum Gasteiger partial charge on any atom is 0.280 e. The molecule has 0 amide bonds. The molecule has 1 heterocycles. The minimum Gasteiger partial charge on any atom is -0.294 e. The van der Waals surface area contributed by atoms with Crippen molar-refractivity contribution in [2.45, 2.75) is 23.8 Å². The number of aryl methyl sites for hydroxylation is 2. The molecule has 0 spiro atoms. The van der Waals surface area contributed by atoms with Gasteiger partial charge in [-0.15, -0.1) is 0 Å². The van der Waals surface area contributed by atoms with E-state index in [0.717, 1.165) is 15.6 Å². The number of carbonyl (C=O) groups is 1. The van der Waals surface area contributed by atoms with E-state index in [0.29, 0.717) is 0 Å². The van der Waals surface area contributed by atoms with Gasteiger partial charge in [-0.25, -0.2) is 0 Å². The summed E-state index contributed by atoms with van der Waals surface area (Å²) in [6.45, 7) is 3.21. The van der Waals surface area contributed by atoms with E-state index in [1.165, 1.54) is 24.8 Å². The summed E-state index contributed by atoms with van der Waals surface area (Å²) in [6.07, 6.45) is 0. The number of nitro groups is 1. The molecule has 0 N–H and O–H groups in total. The van der Waals surface area contributed by atoms with E-state index in [1.54, 1.807) is 16.8 Å². The Labute approximate surface area is 119 Å². The topological polar surface area (TPSA) is 78.0 Å². The highest BCUT2D eigenvalue weighted by molar-refractivity contribution is 7.99. The number of benzene rings is 1. The minimum atomic E-state index is -0.542. The van der Waals surface area contributed by atoms with Gasteiger partial charge in [-0.3, -0.25) is 19.6 Å². The van der Waals surface area contributed by atoms with Gasteiger partial charge in [-0.05, 0) is 32.0 Å². The Morgan fingerprint density at radius 3 is 2.60 bits per heavy atom. The molecule has 0 atom stereocenters. The third-order valence-corrected chi connectivity index (χ3v) is 3.81. The summed E-state index contributed by atoms with van der Waals surface area (Å²) < 4.78 is 1.73. The molecule has 0 saturated carbocycles. The van der Waals surface area contributed by atoms with Crippen molar-refractivity contribution in [1.29, 1.82) is 0 Å². The van der Waals surface area contributed by atoms with Crippen LogP contribution < -0.4 is 0 Å². The van der Waals surface area contributed by atoms with Crippen molar-refractivity contribution >= 4 is 23.2 Å². The fraction of sp³-hybridized carbons (Fsp3) is 0.231. The van der Waals surface area contributed by atoms with Crippen LogP contribution in [0.4, 0.5) is 5.69 Å². The lowest BCUT2D eigenvalue weighted by molar-refractivity contribution is -0.385. The predicted molar refractivity (Wildman–Crippen MR) is 75.2 cm³/mol. The smallest absolute Gasteiger partial charge is 0.280 e. The summed E-state index contributed by atoms with van der Waals surface area (Å²) in [5.41, 5.74) is 0.852. The van der Waals surface area contributed by atoms with E-state index in [4.69, 9.17) is 0 Å². The highest BCUT2D eigenvalue weighted by Gasteiger charge is 2.18. The zero-order valence-corrected chi connectivity index (χ0v) is 12.1. The zero-order chi connectivity index (χ0) is 14.9. The van der Waals surface area contributed by atoms with Crippen LogP contribution in [0.1, 0.15) is 23.0 Å². The number of nitro benzene ring substituents is 1. The van der Waals surface area contributed by atoms with Crippen LogP contribution >= 0.6 is 11.8 Å². The summed E-state index contributed by atoms with van der Waals surface area (Å²) in [5.74, 6) is -0.319. The molecular weight excluding hydrogens is 278 g/mol. The van der Waals surface area contributed by atoms with Crippen molar-refractivity contribution in [3.63, 3.8) is 0 Å². The molecule has 0 bridgehead atoms. The standard InChI is InChI=1S/C13H13N3O3S/c1-8-6-13(15(3)14-8)20-10-4-5-12(16(18)19)11(7-10)9(2)17/h4-7H,1-3H3. The van der Waals surface area contributed by atoms with Crippen molar-refractivity contribution in [1.82, 2.24) is 9.78 Å². The summed E-state index contributed by atoms with van der Waals surface area (Å²) in [5, 5.41) is 16.0. The predicted octanol–water partition coefficient (Wildman–Crippen LogP) is 2.99. The zero-order valence-electron chi connectivity index (χ0n) is 11.3. The third-order valence-electron chi connectivity index (χ3n) is 2.73. The second-order valence-electron chi connectivity index (χ2n) is 4.34. The van der Waals surface area contributed by atoms with Crippen molar-refractivity contribution in [2.75, 3.05) is 0 Å². The number of ketones is 1. The summed E-state index contributed by atoms with van der Waals surface area (Å²) in [4.78, 5) is 22.6. The van der Waals surface area contributed by atoms with E-state index in [9.17, 15) is 14.9 Å². The fourth-order valence-corrected chi connectivity index (χ4v) is 2.78. The number of aromatic nitrogens is 2. The fourth-order valence-electron chi connectivity index (χ4n) is 1.82. The molecule has 0 fully saturated rings. The van der Waals surface area contributed by atoms with Crippen molar-refractivity contribution in [2.24, 2.45) is 7.05 Å². The van der Waals surface area contributed by atoms with Gasteiger partial charge in [0.1, 0.15) is 0 Å². The average molecular weight is 291 g/mol. The van der Waals surface area contributed by atoms with Crippen LogP contribution in [0.15, 0.2) is 34.2 Å². The molecule has 2 aromatic rings. The molecule has 2 rings (SSSR count). The first-order chi connectivity index (χ1) is 9.38. The Bertz CT molecular complexity index is 694. The molecule has 20 heavy (non-hydrogen) atoms. The van der Waals surface area contributed by atoms with Gasteiger partial charge >= 0.3 is 0 Å². The van der Waals surface area contributed by atoms with Crippen LogP contribution in [0.5, 0.6) is 0 Å². The molecule has 0 saturated heterocycles. The van der Waals surface area contributed by atoms with Crippen LogP contribution in [-0.2, 0) is 7.05 Å². The van der Waals surface area contributed by atoms with Crippen LogP contribution in [0.3, 0.4) is 0 Å². The summed E-state index contributed by atoms with van der Waals surface area (Å²) in [6, 6.07) is 6.47. The molecule has 104 valence electrons.